The maximum atomic E-state index is 13.0. The van der Waals surface area contributed by atoms with Gasteiger partial charge in [0.2, 0.25) is 5.78 Å². The predicted octanol–water partition coefficient (Wildman–Crippen LogP) is 3.76. The van der Waals surface area contributed by atoms with Crippen molar-refractivity contribution in [2.24, 2.45) is 0 Å². The molecule has 0 saturated heterocycles. The average molecular weight is 270 g/mol. The largest absolute Gasteiger partial charge is 0.287 e. The summed E-state index contributed by atoms with van der Waals surface area (Å²) in [6.45, 7) is 0. The number of ketones is 1. The smallest absolute Gasteiger partial charge is 0.212 e. The highest BCUT2D eigenvalue weighted by molar-refractivity contribution is 6.37. The molecule has 86 valence electrons. The fourth-order valence-electron chi connectivity index (χ4n) is 1.35. The summed E-state index contributed by atoms with van der Waals surface area (Å²) in [4.78, 5) is 15.8. The zero-order valence-corrected chi connectivity index (χ0v) is 9.97. The number of nitrogens with zero attached hydrogens (tertiary/aromatic N) is 1. The van der Waals surface area contributed by atoms with Gasteiger partial charge in [-0.2, -0.15) is 0 Å². The molecule has 1 heterocycles. The lowest BCUT2D eigenvalue weighted by atomic mass is 10.1. The number of hydrogen-bond donors (Lipinski definition) is 0. The monoisotopic (exact) mass is 269 g/mol. The van der Waals surface area contributed by atoms with E-state index in [1.54, 1.807) is 0 Å². The van der Waals surface area contributed by atoms with Crippen LogP contribution in [0.4, 0.5) is 4.39 Å². The molecule has 0 aliphatic rings. The third-order valence-corrected chi connectivity index (χ3v) is 2.60. The molecule has 1 aromatic heterocycles. The highest BCUT2D eigenvalue weighted by atomic mass is 35.5. The molecule has 0 aliphatic carbocycles. The first kappa shape index (κ1) is 12.0. The van der Waals surface area contributed by atoms with E-state index in [9.17, 15) is 9.18 Å². The molecule has 2 aromatic rings. The first-order valence-corrected chi connectivity index (χ1v) is 5.45. The lowest BCUT2D eigenvalue weighted by Gasteiger charge is -2.03. The highest BCUT2D eigenvalue weighted by Gasteiger charge is 2.15. The lowest BCUT2D eigenvalue weighted by molar-refractivity contribution is 0.103. The molecule has 2 rings (SSSR count). The fourth-order valence-corrected chi connectivity index (χ4v) is 1.81. The van der Waals surface area contributed by atoms with E-state index < -0.39 is 11.6 Å². The van der Waals surface area contributed by atoms with Gasteiger partial charge in [-0.1, -0.05) is 35.3 Å². The number of benzene rings is 1. The Balaban J connectivity index is 2.44. The summed E-state index contributed by atoms with van der Waals surface area (Å²) in [6, 6.07) is 6.76. The topological polar surface area (TPSA) is 30.0 Å². The van der Waals surface area contributed by atoms with E-state index in [4.69, 9.17) is 23.2 Å². The van der Waals surface area contributed by atoms with Gasteiger partial charge in [-0.05, 0) is 18.2 Å². The molecule has 0 amide bonds. The van der Waals surface area contributed by atoms with Crippen molar-refractivity contribution in [3.63, 3.8) is 0 Å². The summed E-state index contributed by atoms with van der Waals surface area (Å²) in [5, 5.41) is 0.484. The van der Waals surface area contributed by atoms with Crippen LogP contribution >= 0.6 is 23.2 Å². The van der Waals surface area contributed by atoms with Crippen LogP contribution in [-0.4, -0.2) is 10.8 Å². The molecule has 2 nitrogen and oxygen atoms in total. The van der Waals surface area contributed by atoms with Gasteiger partial charge in [0.05, 0.1) is 10.0 Å². The SMILES string of the molecule is O=C(c1cccc(F)c1)c1ncc(Cl)cc1Cl. The fraction of sp³-hybridized carbons (Fsp3) is 0. The number of hydrogen-bond acceptors (Lipinski definition) is 2. The van der Waals surface area contributed by atoms with Crippen LogP contribution in [0.1, 0.15) is 16.1 Å². The van der Waals surface area contributed by atoms with E-state index in [0.717, 1.165) is 6.07 Å². The van der Waals surface area contributed by atoms with Crippen molar-refractivity contribution in [2.75, 3.05) is 0 Å². The number of carbonyl (C=O) groups excluding carboxylic acids is 1. The molecule has 0 unspecified atom stereocenters. The van der Waals surface area contributed by atoms with Gasteiger partial charge in [0.15, 0.2) is 0 Å². The van der Waals surface area contributed by atoms with Gasteiger partial charge in [-0.3, -0.25) is 4.79 Å². The van der Waals surface area contributed by atoms with Crippen molar-refractivity contribution in [3.05, 3.63) is 63.6 Å². The molecule has 0 spiro atoms. The van der Waals surface area contributed by atoms with Crippen LogP contribution < -0.4 is 0 Å². The first-order chi connectivity index (χ1) is 8.08. The summed E-state index contributed by atoms with van der Waals surface area (Å²) in [5.74, 6) is -0.924. The lowest BCUT2D eigenvalue weighted by Crippen LogP contribution is -2.05. The van der Waals surface area contributed by atoms with Gasteiger partial charge in [-0.25, -0.2) is 9.37 Å². The van der Waals surface area contributed by atoms with E-state index in [2.05, 4.69) is 4.98 Å². The van der Waals surface area contributed by atoms with Crippen LogP contribution in [0.15, 0.2) is 36.5 Å². The van der Waals surface area contributed by atoms with Gasteiger partial charge >= 0.3 is 0 Å². The van der Waals surface area contributed by atoms with Gasteiger partial charge in [-0.15, -0.1) is 0 Å². The third-order valence-electron chi connectivity index (χ3n) is 2.11. The minimum absolute atomic E-state index is 0.0571. The van der Waals surface area contributed by atoms with Gasteiger partial charge in [0.1, 0.15) is 11.5 Å². The van der Waals surface area contributed by atoms with Crippen LogP contribution in [-0.2, 0) is 0 Å². The van der Waals surface area contributed by atoms with Crippen molar-refractivity contribution < 1.29 is 9.18 Å². The van der Waals surface area contributed by atoms with Gasteiger partial charge < -0.3 is 0 Å². The molecule has 0 aliphatic heterocycles. The van der Waals surface area contributed by atoms with Crippen molar-refractivity contribution in [2.45, 2.75) is 0 Å². The van der Waals surface area contributed by atoms with Crippen LogP contribution in [0.2, 0.25) is 10.0 Å². The standard InChI is InChI=1S/C12H6Cl2FNO/c13-8-5-10(14)11(16-6-8)12(17)7-2-1-3-9(15)4-7/h1-6H. The predicted molar refractivity (Wildman–Crippen MR) is 64.1 cm³/mol. The number of halogens is 3. The van der Waals surface area contributed by atoms with Crippen molar-refractivity contribution >= 4 is 29.0 Å². The second-order valence-electron chi connectivity index (χ2n) is 3.32. The van der Waals surface area contributed by atoms with E-state index in [-0.39, 0.29) is 16.3 Å². The Bertz CT molecular complexity index is 586. The summed E-state index contributed by atoms with van der Waals surface area (Å²) < 4.78 is 13.0. The highest BCUT2D eigenvalue weighted by Crippen LogP contribution is 2.21. The molecule has 5 heteroatoms. The number of rotatable bonds is 2. The molecule has 0 saturated carbocycles. The maximum absolute atomic E-state index is 13.0. The zero-order chi connectivity index (χ0) is 12.4. The molecule has 1 aromatic carbocycles. The van der Waals surface area contributed by atoms with Crippen molar-refractivity contribution in [1.82, 2.24) is 4.98 Å². The van der Waals surface area contributed by atoms with Crippen LogP contribution in [0.3, 0.4) is 0 Å². The molecular weight excluding hydrogens is 264 g/mol. The van der Waals surface area contributed by atoms with Crippen LogP contribution in [0.5, 0.6) is 0 Å². The van der Waals surface area contributed by atoms with Crippen LogP contribution in [0.25, 0.3) is 0 Å². The normalized spacial score (nSPS) is 10.3. The van der Waals surface area contributed by atoms with Crippen molar-refractivity contribution in [1.29, 1.82) is 0 Å². The second kappa shape index (κ2) is 4.82. The summed E-state index contributed by atoms with van der Waals surface area (Å²) >= 11 is 11.5. The number of pyridine rings is 1. The van der Waals surface area contributed by atoms with E-state index in [0.29, 0.717) is 5.02 Å². The number of aromatic nitrogens is 1. The van der Waals surface area contributed by atoms with Crippen molar-refractivity contribution in [3.8, 4) is 0 Å². The second-order valence-corrected chi connectivity index (χ2v) is 4.17. The summed E-state index contributed by atoms with van der Waals surface area (Å²) in [7, 11) is 0. The molecule has 0 radical (unpaired) electrons. The van der Waals surface area contributed by atoms with Crippen LogP contribution in [0, 0.1) is 5.82 Å². The Kier molecular flexibility index (Phi) is 3.41. The summed E-state index contributed by atoms with van der Waals surface area (Å²) in [5.41, 5.74) is 0.253. The van der Waals surface area contributed by atoms with E-state index in [1.807, 2.05) is 0 Å². The van der Waals surface area contributed by atoms with Gasteiger partial charge in [0, 0.05) is 11.8 Å². The first-order valence-electron chi connectivity index (χ1n) is 4.69. The molecular formula is C12H6Cl2FNO. The number of carbonyl (C=O) groups is 1. The third kappa shape index (κ3) is 2.62. The Morgan fingerprint density at radius 2 is 2.00 bits per heavy atom. The molecule has 0 fully saturated rings. The van der Waals surface area contributed by atoms with E-state index >= 15 is 0 Å². The zero-order valence-electron chi connectivity index (χ0n) is 8.45. The van der Waals surface area contributed by atoms with Gasteiger partial charge in [0.25, 0.3) is 0 Å². The minimum Gasteiger partial charge on any atom is -0.287 e. The van der Waals surface area contributed by atoms with E-state index in [1.165, 1.54) is 30.5 Å². The molecule has 17 heavy (non-hydrogen) atoms. The Morgan fingerprint density at radius 3 is 2.65 bits per heavy atom. The summed E-state index contributed by atoms with van der Waals surface area (Å²) in [6.07, 6.45) is 1.32. The maximum Gasteiger partial charge on any atom is 0.212 e. The Hall–Kier alpha value is -1.45. The Morgan fingerprint density at radius 1 is 1.24 bits per heavy atom. The quantitative estimate of drug-likeness (QED) is 0.778. The minimum atomic E-state index is -0.485. The molecule has 0 atom stereocenters. The Labute approximate surface area is 107 Å². The molecule has 0 N–H and O–H groups in total. The average Bonchev–Trinajstić information content (AvgIpc) is 2.28. The molecule has 0 bridgehead atoms.